The van der Waals surface area contributed by atoms with Crippen LogP contribution >= 0.6 is 0 Å². The predicted molar refractivity (Wildman–Crippen MR) is 99.5 cm³/mol. The minimum absolute atomic E-state index is 0.0853. The highest BCUT2D eigenvalue weighted by Crippen LogP contribution is 2.22. The van der Waals surface area contributed by atoms with Crippen molar-refractivity contribution in [3.8, 4) is 5.75 Å². The Kier molecular flexibility index (Phi) is 7.66. The lowest BCUT2D eigenvalue weighted by Crippen LogP contribution is -1.99. The number of unbranched alkanes of at least 4 members (excludes halogenated alkanes) is 3. The summed E-state index contributed by atoms with van der Waals surface area (Å²) in [5.41, 5.74) is 1.95. The highest BCUT2D eigenvalue weighted by atomic mass is 16.6. The molecule has 0 radical (unpaired) electrons. The van der Waals surface area contributed by atoms with Gasteiger partial charge in [0, 0.05) is 24.3 Å². The molecule has 2 aromatic rings. The molecular weight excluding hydrogens is 318 g/mol. The van der Waals surface area contributed by atoms with Crippen LogP contribution in [0.2, 0.25) is 0 Å². The van der Waals surface area contributed by atoms with Gasteiger partial charge in [0.25, 0.3) is 5.69 Å². The lowest BCUT2D eigenvalue weighted by atomic mass is 10.1. The first-order chi connectivity index (χ1) is 12.2. The fraction of sp³-hybridized carbons (Fsp3) is 0.300. The number of nitro benzene ring substituents is 1. The number of ether oxygens (including phenoxy) is 1. The average Bonchev–Trinajstić information content (AvgIpc) is 2.64. The lowest BCUT2D eigenvalue weighted by Gasteiger charge is -2.09. The number of nitro groups is 1. The third-order valence-corrected chi connectivity index (χ3v) is 3.79. The van der Waals surface area contributed by atoms with Crippen molar-refractivity contribution in [2.24, 2.45) is 0 Å². The number of nitrogens with zero attached hydrogens (tertiary/aromatic N) is 1. The van der Waals surface area contributed by atoms with Gasteiger partial charge in [-0.2, -0.15) is 0 Å². The van der Waals surface area contributed by atoms with Crippen molar-refractivity contribution in [2.75, 3.05) is 13.2 Å². The molecule has 25 heavy (non-hydrogen) atoms. The molecule has 2 rings (SSSR count). The monoisotopic (exact) mass is 341 g/mol. The molecule has 1 N–H and O–H groups in total. The van der Waals surface area contributed by atoms with Crippen molar-refractivity contribution in [1.29, 1.82) is 0 Å². The zero-order chi connectivity index (χ0) is 17.9. The molecule has 5 heteroatoms. The van der Waals surface area contributed by atoms with Crippen molar-refractivity contribution in [2.45, 2.75) is 25.7 Å². The largest absolute Gasteiger partial charge is 0.493 e. The van der Waals surface area contributed by atoms with Gasteiger partial charge in [-0.25, -0.2) is 0 Å². The average molecular weight is 341 g/mol. The summed E-state index contributed by atoms with van der Waals surface area (Å²) < 4.78 is 5.85. The van der Waals surface area contributed by atoms with E-state index in [1.807, 2.05) is 36.4 Å². The molecule has 132 valence electrons. The van der Waals surface area contributed by atoms with Crippen molar-refractivity contribution >= 4 is 17.8 Å². The van der Waals surface area contributed by atoms with Crippen LogP contribution in [-0.4, -0.2) is 23.2 Å². The predicted octanol–water partition coefficient (Wildman–Crippen LogP) is 4.70. The summed E-state index contributed by atoms with van der Waals surface area (Å²) in [5, 5.41) is 19.4. The highest BCUT2D eigenvalue weighted by molar-refractivity contribution is 5.72. The number of hydrogen-bond donors (Lipinski definition) is 1. The fourth-order valence-corrected chi connectivity index (χ4v) is 2.39. The van der Waals surface area contributed by atoms with Crippen LogP contribution in [0.15, 0.2) is 48.5 Å². The number of non-ortho nitro benzene ring substituents is 1. The van der Waals surface area contributed by atoms with E-state index in [1.54, 1.807) is 12.1 Å². The summed E-state index contributed by atoms with van der Waals surface area (Å²) in [6, 6.07) is 14.2. The second-order valence-electron chi connectivity index (χ2n) is 5.71. The molecule has 2 aromatic carbocycles. The Bertz CT molecular complexity index is 695. The third-order valence-electron chi connectivity index (χ3n) is 3.79. The van der Waals surface area contributed by atoms with Gasteiger partial charge >= 0.3 is 0 Å². The van der Waals surface area contributed by atoms with Crippen LogP contribution in [0.1, 0.15) is 36.8 Å². The summed E-state index contributed by atoms with van der Waals surface area (Å²) in [6.07, 6.45) is 7.72. The molecule has 0 aliphatic heterocycles. The fourth-order valence-electron chi connectivity index (χ4n) is 2.39. The second-order valence-corrected chi connectivity index (χ2v) is 5.71. The Morgan fingerprint density at radius 3 is 2.40 bits per heavy atom. The van der Waals surface area contributed by atoms with Crippen LogP contribution in [0.25, 0.3) is 12.2 Å². The van der Waals surface area contributed by atoms with Crippen molar-refractivity contribution < 1.29 is 14.8 Å². The first-order valence-corrected chi connectivity index (χ1v) is 8.46. The molecule has 0 saturated heterocycles. The second kappa shape index (κ2) is 10.3. The summed E-state index contributed by atoms with van der Waals surface area (Å²) in [5.74, 6) is 0.822. The summed E-state index contributed by atoms with van der Waals surface area (Å²) in [7, 11) is 0. The van der Waals surface area contributed by atoms with Crippen molar-refractivity contribution in [3.63, 3.8) is 0 Å². The molecule has 0 amide bonds. The lowest BCUT2D eigenvalue weighted by molar-refractivity contribution is -0.384. The van der Waals surface area contributed by atoms with Crippen LogP contribution in [0, 0.1) is 10.1 Å². The van der Waals surface area contributed by atoms with Gasteiger partial charge in [-0.15, -0.1) is 0 Å². The topological polar surface area (TPSA) is 72.6 Å². The van der Waals surface area contributed by atoms with Gasteiger partial charge < -0.3 is 9.84 Å². The zero-order valence-corrected chi connectivity index (χ0v) is 14.1. The quantitative estimate of drug-likeness (QED) is 0.294. The molecule has 0 aromatic heterocycles. The van der Waals surface area contributed by atoms with E-state index < -0.39 is 4.92 Å². The van der Waals surface area contributed by atoms with Gasteiger partial charge in [-0.1, -0.05) is 36.8 Å². The van der Waals surface area contributed by atoms with Gasteiger partial charge in [0.05, 0.1) is 11.5 Å². The maximum Gasteiger partial charge on any atom is 0.269 e. The van der Waals surface area contributed by atoms with Crippen LogP contribution in [0.5, 0.6) is 5.75 Å². The smallest absolute Gasteiger partial charge is 0.269 e. The molecule has 0 fully saturated rings. The number of aliphatic hydroxyl groups excluding tert-OH is 1. The van der Waals surface area contributed by atoms with Crippen LogP contribution in [-0.2, 0) is 0 Å². The van der Waals surface area contributed by atoms with Gasteiger partial charge in [0.2, 0.25) is 0 Å². The highest BCUT2D eigenvalue weighted by Gasteiger charge is 2.03. The maximum atomic E-state index is 10.7. The minimum atomic E-state index is -0.406. The van der Waals surface area contributed by atoms with E-state index in [0.717, 1.165) is 42.6 Å². The minimum Gasteiger partial charge on any atom is -0.493 e. The Hall–Kier alpha value is -2.66. The molecule has 5 nitrogen and oxygen atoms in total. The summed E-state index contributed by atoms with van der Waals surface area (Å²) in [6.45, 7) is 0.894. The Balaban J connectivity index is 1.94. The van der Waals surface area contributed by atoms with Crippen LogP contribution in [0.4, 0.5) is 5.69 Å². The summed E-state index contributed by atoms with van der Waals surface area (Å²) >= 11 is 0. The molecule has 0 aliphatic rings. The van der Waals surface area contributed by atoms with E-state index in [1.165, 1.54) is 12.1 Å². The van der Waals surface area contributed by atoms with E-state index in [4.69, 9.17) is 9.84 Å². The van der Waals surface area contributed by atoms with Gasteiger partial charge in [0.15, 0.2) is 0 Å². The molecule has 0 saturated carbocycles. The van der Waals surface area contributed by atoms with Gasteiger partial charge in [0.1, 0.15) is 5.75 Å². The summed E-state index contributed by atoms with van der Waals surface area (Å²) in [4.78, 5) is 10.3. The number of benzene rings is 2. The van der Waals surface area contributed by atoms with Crippen LogP contribution < -0.4 is 4.74 Å². The van der Waals surface area contributed by atoms with Gasteiger partial charge in [-0.05, 0) is 43.0 Å². The van der Waals surface area contributed by atoms with Crippen molar-refractivity contribution in [3.05, 3.63) is 69.8 Å². The van der Waals surface area contributed by atoms with E-state index in [9.17, 15) is 10.1 Å². The molecular formula is C20H23NO4. The Labute approximate surface area is 147 Å². The molecule has 0 heterocycles. The number of aliphatic hydroxyl groups is 1. The maximum absolute atomic E-state index is 10.7. The molecule has 0 bridgehead atoms. The third kappa shape index (κ3) is 6.39. The number of hydrogen-bond acceptors (Lipinski definition) is 4. The number of para-hydroxylation sites is 1. The van der Waals surface area contributed by atoms with E-state index in [-0.39, 0.29) is 12.3 Å². The van der Waals surface area contributed by atoms with Crippen LogP contribution in [0.3, 0.4) is 0 Å². The van der Waals surface area contributed by atoms with E-state index in [0.29, 0.717) is 6.61 Å². The molecule has 0 unspecified atom stereocenters. The Morgan fingerprint density at radius 1 is 0.960 bits per heavy atom. The SMILES string of the molecule is O=[N+]([O-])c1ccc(C=Cc2ccccc2OCCCCCCO)cc1. The van der Waals surface area contributed by atoms with E-state index >= 15 is 0 Å². The van der Waals surface area contributed by atoms with Gasteiger partial charge in [-0.3, -0.25) is 10.1 Å². The Morgan fingerprint density at radius 2 is 1.68 bits per heavy atom. The molecule has 0 spiro atoms. The molecule has 0 atom stereocenters. The standard InChI is InChI=1S/C20H23NO4/c22-15-5-1-2-6-16-25-20-8-4-3-7-18(20)12-9-17-10-13-19(14-11-17)21(23)24/h3-4,7-14,22H,1-2,5-6,15-16H2. The first-order valence-electron chi connectivity index (χ1n) is 8.46. The first kappa shape index (κ1) is 18.7. The molecule has 0 aliphatic carbocycles. The van der Waals surface area contributed by atoms with Crippen molar-refractivity contribution in [1.82, 2.24) is 0 Å². The normalized spacial score (nSPS) is 10.9. The number of rotatable bonds is 10. The zero-order valence-electron chi connectivity index (χ0n) is 14.1. The van der Waals surface area contributed by atoms with E-state index in [2.05, 4.69) is 0 Å².